The van der Waals surface area contributed by atoms with E-state index in [1.54, 1.807) is 36.4 Å². The van der Waals surface area contributed by atoms with Gasteiger partial charge in [-0.3, -0.25) is 9.36 Å². The van der Waals surface area contributed by atoms with Gasteiger partial charge in [0, 0.05) is 0 Å². The molecule has 28 heavy (non-hydrogen) atoms. The molecule has 0 bridgehead atoms. The summed E-state index contributed by atoms with van der Waals surface area (Å²) in [4.78, 5) is 16.2. The Balaban J connectivity index is 2.18. The van der Waals surface area contributed by atoms with Crippen LogP contribution in [0, 0.1) is 0 Å². The Morgan fingerprint density at radius 1 is 0.964 bits per heavy atom. The summed E-state index contributed by atoms with van der Waals surface area (Å²) in [7, 11) is 0. The number of halogens is 6. The zero-order valence-electron chi connectivity index (χ0n) is 13.9. The fraction of sp³-hybridized carbons (Fsp3) is 0.111. The minimum absolute atomic E-state index is 0.0505. The molecule has 0 aliphatic rings. The third-order valence-electron chi connectivity index (χ3n) is 3.76. The second kappa shape index (κ2) is 8.03. The van der Waals surface area contributed by atoms with E-state index in [-0.39, 0.29) is 28.2 Å². The molecule has 0 atom stereocenters. The monoisotopic (exact) mass is 447 g/mol. The van der Waals surface area contributed by atoms with E-state index < -0.39 is 22.5 Å². The second-order valence-electron chi connectivity index (χ2n) is 5.70. The number of nitrogens with zero attached hydrogens (tertiary/aromatic N) is 2. The van der Waals surface area contributed by atoms with Crippen LogP contribution in [0.1, 0.15) is 11.3 Å². The number of rotatable bonds is 4. The first-order chi connectivity index (χ1) is 13.2. The molecule has 1 aromatic heterocycles. The molecule has 2 aromatic carbocycles. The van der Waals surface area contributed by atoms with Crippen molar-refractivity contribution in [2.75, 3.05) is 5.32 Å². The van der Waals surface area contributed by atoms with Gasteiger partial charge in [0.1, 0.15) is 5.02 Å². The molecule has 146 valence electrons. The smallest absolute Gasteiger partial charge is 0.324 e. The highest BCUT2D eigenvalue weighted by molar-refractivity contribution is 6.43. The minimum atomic E-state index is -4.91. The van der Waals surface area contributed by atoms with Gasteiger partial charge in [-0.2, -0.15) is 13.2 Å². The average molecular weight is 449 g/mol. The normalized spacial score (nSPS) is 11.5. The molecule has 4 nitrogen and oxygen atoms in total. The number of alkyl halides is 3. The van der Waals surface area contributed by atoms with Crippen LogP contribution >= 0.6 is 34.8 Å². The highest BCUT2D eigenvalue weighted by Crippen LogP contribution is 2.34. The molecule has 0 aliphatic carbocycles. The Labute approximate surface area is 172 Å². The highest BCUT2D eigenvalue weighted by atomic mass is 35.5. The van der Waals surface area contributed by atoms with E-state index in [4.69, 9.17) is 34.8 Å². The summed E-state index contributed by atoms with van der Waals surface area (Å²) >= 11 is 17.7. The number of aromatic nitrogens is 2. The Morgan fingerprint density at radius 3 is 2.29 bits per heavy atom. The van der Waals surface area contributed by atoms with Gasteiger partial charge < -0.3 is 5.32 Å². The first-order valence-electron chi connectivity index (χ1n) is 7.81. The van der Waals surface area contributed by atoms with Crippen molar-refractivity contribution in [3.05, 3.63) is 85.2 Å². The van der Waals surface area contributed by atoms with Crippen LogP contribution in [0.4, 0.5) is 24.8 Å². The van der Waals surface area contributed by atoms with Crippen molar-refractivity contribution >= 4 is 46.4 Å². The molecule has 0 amide bonds. The molecule has 0 unspecified atom stereocenters. The standard InChI is InChI=1S/C18H11Cl3F3N3O/c19-11-7-4-8-12(13(11)20)25-17-26-15(18(22,23)24)14(21)16(28)27(17)9-10-5-2-1-3-6-10/h1-8H,9H2,(H,25,26). The van der Waals surface area contributed by atoms with Crippen LogP contribution in [0.2, 0.25) is 15.1 Å². The number of hydrogen-bond donors (Lipinski definition) is 1. The zero-order valence-corrected chi connectivity index (χ0v) is 16.2. The van der Waals surface area contributed by atoms with Crippen molar-refractivity contribution in [1.82, 2.24) is 9.55 Å². The average Bonchev–Trinajstić information content (AvgIpc) is 2.64. The fourth-order valence-corrected chi connectivity index (χ4v) is 3.05. The van der Waals surface area contributed by atoms with E-state index in [2.05, 4.69) is 10.3 Å². The fourth-order valence-electron chi connectivity index (χ4n) is 2.45. The molecular formula is C18H11Cl3F3N3O. The molecule has 0 fully saturated rings. The largest absolute Gasteiger partial charge is 0.435 e. The first-order valence-corrected chi connectivity index (χ1v) is 8.94. The van der Waals surface area contributed by atoms with Gasteiger partial charge in [-0.15, -0.1) is 0 Å². The van der Waals surface area contributed by atoms with Crippen LogP contribution < -0.4 is 10.9 Å². The van der Waals surface area contributed by atoms with Crippen molar-refractivity contribution in [3.63, 3.8) is 0 Å². The molecule has 0 saturated heterocycles. The first kappa shape index (κ1) is 20.5. The summed E-state index contributed by atoms with van der Waals surface area (Å²) < 4.78 is 40.8. The maximum atomic E-state index is 13.3. The van der Waals surface area contributed by atoms with Gasteiger partial charge in [-0.1, -0.05) is 71.2 Å². The maximum absolute atomic E-state index is 13.3. The lowest BCUT2D eigenvalue weighted by Crippen LogP contribution is -2.29. The summed E-state index contributed by atoms with van der Waals surface area (Å²) in [6, 6.07) is 13.2. The number of benzene rings is 2. The van der Waals surface area contributed by atoms with Gasteiger partial charge in [-0.05, 0) is 17.7 Å². The van der Waals surface area contributed by atoms with Gasteiger partial charge >= 0.3 is 6.18 Å². The Hall–Kier alpha value is -2.22. The quantitative estimate of drug-likeness (QED) is 0.531. The van der Waals surface area contributed by atoms with E-state index in [0.717, 1.165) is 4.57 Å². The van der Waals surface area contributed by atoms with Gasteiger partial charge in [0.15, 0.2) is 5.69 Å². The van der Waals surface area contributed by atoms with Crippen LogP contribution in [0.15, 0.2) is 53.3 Å². The summed E-state index contributed by atoms with van der Waals surface area (Å²) in [5.74, 6) is -0.366. The summed E-state index contributed by atoms with van der Waals surface area (Å²) in [6.45, 7) is -0.0505. The zero-order chi connectivity index (χ0) is 20.5. The second-order valence-corrected chi connectivity index (χ2v) is 6.86. The predicted molar refractivity (Wildman–Crippen MR) is 104 cm³/mol. The SMILES string of the molecule is O=c1c(Cl)c(C(F)(F)F)nc(Nc2cccc(Cl)c2Cl)n1Cc1ccccc1. The third kappa shape index (κ3) is 4.27. The summed E-state index contributed by atoms with van der Waals surface area (Å²) in [5.41, 5.74) is -1.65. The third-order valence-corrected chi connectivity index (χ3v) is 4.92. The Kier molecular flexibility index (Phi) is 5.88. The summed E-state index contributed by atoms with van der Waals surface area (Å²) in [6.07, 6.45) is -4.91. The van der Waals surface area contributed by atoms with Crippen LogP contribution in [0.25, 0.3) is 0 Å². The minimum Gasteiger partial charge on any atom is -0.324 e. The highest BCUT2D eigenvalue weighted by Gasteiger charge is 2.38. The maximum Gasteiger partial charge on any atom is 0.435 e. The Bertz CT molecular complexity index is 1070. The molecule has 0 aliphatic heterocycles. The lowest BCUT2D eigenvalue weighted by atomic mass is 10.2. The molecular weight excluding hydrogens is 438 g/mol. The molecule has 1 N–H and O–H groups in total. The number of hydrogen-bond acceptors (Lipinski definition) is 3. The lowest BCUT2D eigenvalue weighted by molar-refractivity contribution is -0.141. The molecule has 0 saturated carbocycles. The van der Waals surface area contributed by atoms with Crippen molar-refractivity contribution < 1.29 is 13.2 Å². The molecule has 3 aromatic rings. The van der Waals surface area contributed by atoms with Gasteiger partial charge in [0.05, 0.1) is 22.3 Å². The number of anilines is 2. The van der Waals surface area contributed by atoms with E-state index in [1.807, 2.05) is 0 Å². The van der Waals surface area contributed by atoms with Crippen LogP contribution in [0.3, 0.4) is 0 Å². The van der Waals surface area contributed by atoms with Crippen molar-refractivity contribution in [2.24, 2.45) is 0 Å². The molecule has 1 heterocycles. The van der Waals surface area contributed by atoms with Crippen molar-refractivity contribution in [2.45, 2.75) is 12.7 Å². The van der Waals surface area contributed by atoms with Crippen LogP contribution in [0.5, 0.6) is 0 Å². The lowest BCUT2D eigenvalue weighted by Gasteiger charge is -2.18. The molecule has 10 heteroatoms. The van der Waals surface area contributed by atoms with Crippen LogP contribution in [-0.4, -0.2) is 9.55 Å². The summed E-state index contributed by atoms with van der Waals surface area (Å²) in [5, 5.41) is 1.92. The van der Waals surface area contributed by atoms with Crippen molar-refractivity contribution in [3.8, 4) is 0 Å². The van der Waals surface area contributed by atoms with Crippen LogP contribution in [-0.2, 0) is 12.7 Å². The van der Waals surface area contributed by atoms with E-state index in [9.17, 15) is 18.0 Å². The topological polar surface area (TPSA) is 46.9 Å². The van der Waals surface area contributed by atoms with Crippen molar-refractivity contribution in [1.29, 1.82) is 0 Å². The van der Waals surface area contributed by atoms with Gasteiger partial charge in [-0.25, -0.2) is 4.98 Å². The van der Waals surface area contributed by atoms with Gasteiger partial charge in [0.2, 0.25) is 5.95 Å². The van der Waals surface area contributed by atoms with E-state index >= 15 is 0 Å². The predicted octanol–water partition coefficient (Wildman–Crippen LogP) is 6.01. The van der Waals surface area contributed by atoms with E-state index in [0.29, 0.717) is 5.56 Å². The molecule has 0 spiro atoms. The van der Waals surface area contributed by atoms with Gasteiger partial charge in [0.25, 0.3) is 5.56 Å². The molecule has 0 radical (unpaired) electrons. The van der Waals surface area contributed by atoms with E-state index in [1.165, 1.54) is 12.1 Å². The Morgan fingerprint density at radius 2 is 1.64 bits per heavy atom. The molecule has 3 rings (SSSR count). The number of nitrogens with one attached hydrogen (secondary N) is 1.